The highest BCUT2D eigenvalue weighted by molar-refractivity contribution is 5.85. The average molecular weight is 237 g/mol. The summed E-state index contributed by atoms with van der Waals surface area (Å²) >= 11 is 0. The predicted octanol–water partition coefficient (Wildman–Crippen LogP) is 2.58. The van der Waals surface area contributed by atoms with Gasteiger partial charge in [0.2, 0.25) is 0 Å². The second kappa shape index (κ2) is 4.35. The number of rotatable bonds is 3. The van der Waals surface area contributed by atoms with E-state index >= 15 is 0 Å². The first-order valence-electron chi connectivity index (χ1n) is 5.68. The Kier molecular flexibility index (Phi) is 3.05. The Balaban J connectivity index is 2.17. The molecule has 0 aromatic heterocycles. The second-order valence-corrected chi connectivity index (χ2v) is 4.72. The van der Waals surface area contributed by atoms with Crippen molar-refractivity contribution in [1.82, 2.24) is 0 Å². The zero-order valence-electron chi connectivity index (χ0n) is 10.00. The summed E-state index contributed by atoms with van der Waals surface area (Å²) < 4.78 is 17.9. The molecule has 4 heteroatoms. The van der Waals surface area contributed by atoms with E-state index in [1.165, 1.54) is 19.2 Å². The second-order valence-electron chi connectivity index (χ2n) is 4.72. The molecular formula is C13H16FNO2. The number of hydrogen-bond acceptors (Lipinski definition) is 3. The molecule has 1 aliphatic carbocycles. The maximum Gasteiger partial charge on any atom is 0.331 e. The molecule has 1 saturated carbocycles. The van der Waals surface area contributed by atoms with Crippen LogP contribution in [0.4, 0.5) is 10.1 Å². The van der Waals surface area contributed by atoms with Gasteiger partial charge < -0.3 is 10.1 Å². The SMILES string of the molecule is COC(=O)C1(Nc2cccc(F)c2)CC(C)C1. The van der Waals surface area contributed by atoms with E-state index in [1.54, 1.807) is 12.1 Å². The van der Waals surface area contributed by atoms with Crippen LogP contribution in [0.3, 0.4) is 0 Å². The van der Waals surface area contributed by atoms with Gasteiger partial charge in [-0.2, -0.15) is 0 Å². The van der Waals surface area contributed by atoms with Gasteiger partial charge in [-0.1, -0.05) is 13.0 Å². The maximum atomic E-state index is 13.1. The highest BCUT2D eigenvalue weighted by Gasteiger charge is 2.49. The van der Waals surface area contributed by atoms with Gasteiger partial charge in [-0.15, -0.1) is 0 Å². The molecule has 17 heavy (non-hydrogen) atoms. The summed E-state index contributed by atoms with van der Waals surface area (Å²) in [6.45, 7) is 2.08. The van der Waals surface area contributed by atoms with Crippen molar-refractivity contribution < 1.29 is 13.9 Å². The van der Waals surface area contributed by atoms with Gasteiger partial charge in [0.05, 0.1) is 7.11 Å². The van der Waals surface area contributed by atoms with Crippen LogP contribution in [0.1, 0.15) is 19.8 Å². The molecule has 0 bridgehead atoms. The van der Waals surface area contributed by atoms with Crippen molar-refractivity contribution in [3.63, 3.8) is 0 Å². The molecule has 0 aliphatic heterocycles. The molecule has 0 saturated heterocycles. The normalized spacial score (nSPS) is 27.1. The fourth-order valence-corrected chi connectivity index (χ4v) is 2.49. The van der Waals surface area contributed by atoms with Gasteiger partial charge in [0.25, 0.3) is 0 Å². The Bertz CT molecular complexity index is 427. The number of anilines is 1. The Morgan fingerprint density at radius 3 is 2.76 bits per heavy atom. The quantitative estimate of drug-likeness (QED) is 0.821. The van der Waals surface area contributed by atoms with E-state index in [0.717, 1.165) is 12.8 Å². The lowest BCUT2D eigenvalue weighted by Gasteiger charge is -2.44. The van der Waals surface area contributed by atoms with E-state index in [2.05, 4.69) is 12.2 Å². The van der Waals surface area contributed by atoms with Gasteiger partial charge in [-0.25, -0.2) is 9.18 Å². The van der Waals surface area contributed by atoms with Crippen molar-refractivity contribution in [2.75, 3.05) is 12.4 Å². The van der Waals surface area contributed by atoms with Crippen molar-refractivity contribution in [2.24, 2.45) is 5.92 Å². The third-order valence-electron chi connectivity index (χ3n) is 3.18. The summed E-state index contributed by atoms with van der Waals surface area (Å²) in [5.74, 6) is -0.114. The molecule has 1 aliphatic rings. The van der Waals surface area contributed by atoms with Gasteiger partial charge in [0.1, 0.15) is 11.4 Å². The third kappa shape index (κ3) is 2.25. The molecule has 0 unspecified atom stereocenters. The molecule has 3 nitrogen and oxygen atoms in total. The Hall–Kier alpha value is -1.58. The average Bonchev–Trinajstić information content (AvgIpc) is 2.25. The first-order chi connectivity index (χ1) is 8.05. The van der Waals surface area contributed by atoms with Gasteiger partial charge in [-0.3, -0.25) is 0 Å². The van der Waals surface area contributed by atoms with E-state index in [-0.39, 0.29) is 11.8 Å². The molecule has 0 amide bonds. The summed E-state index contributed by atoms with van der Waals surface area (Å²) in [6.07, 6.45) is 1.44. The monoisotopic (exact) mass is 237 g/mol. The highest BCUT2D eigenvalue weighted by atomic mass is 19.1. The minimum atomic E-state index is -0.679. The van der Waals surface area contributed by atoms with Gasteiger partial charge in [0, 0.05) is 5.69 Å². The number of halogens is 1. The number of hydrogen-bond donors (Lipinski definition) is 1. The number of carbonyl (C=O) groups excluding carboxylic acids is 1. The first kappa shape index (κ1) is 11.9. The van der Waals surface area contributed by atoms with E-state index in [0.29, 0.717) is 11.6 Å². The van der Waals surface area contributed by atoms with Crippen LogP contribution >= 0.6 is 0 Å². The molecule has 0 radical (unpaired) electrons. The molecule has 0 atom stereocenters. The zero-order chi connectivity index (χ0) is 12.5. The lowest BCUT2D eigenvalue weighted by Crippen LogP contribution is -2.56. The largest absolute Gasteiger partial charge is 0.467 e. The topological polar surface area (TPSA) is 38.3 Å². The van der Waals surface area contributed by atoms with E-state index in [4.69, 9.17) is 4.74 Å². The lowest BCUT2D eigenvalue weighted by atomic mass is 9.69. The maximum absolute atomic E-state index is 13.1. The predicted molar refractivity (Wildman–Crippen MR) is 63.2 cm³/mol. The summed E-state index contributed by atoms with van der Waals surface area (Å²) in [4.78, 5) is 11.8. The smallest absolute Gasteiger partial charge is 0.331 e. The summed E-state index contributed by atoms with van der Waals surface area (Å²) in [5, 5.41) is 3.10. The van der Waals surface area contributed by atoms with Crippen LogP contribution < -0.4 is 5.32 Å². The molecule has 1 N–H and O–H groups in total. The Morgan fingerprint density at radius 1 is 1.53 bits per heavy atom. The summed E-state index contributed by atoms with van der Waals surface area (Å²) in [5.41, 5.74) is -0.0654. The summed E-state index contributed by atoms with van der Waals surface area (Å²) in [6, 6.07) is 6.12. The van der Waals surface area contributed by atoms with Crippen LogP contribution in [0, 0.1) is 11.7 Å². The van der Waals surface area contributed by atoms with Crippen molar-refractivity contribution in [1.29, 1.82) is 0 Å². The number of benzene rings is 1. The first-order valence-corrected chi connectivity index (χ1v) is 5.68. The minimum absolute atomic E-state index is 0.278. The third-order valence-corrected chi connectivity index (χ3v) is 3.18. The lowest BCUT2D eigenvalue weighted by molar-refractivity contribution is -0.150. The van der Waals surface area contributed by atoms with Crippen molar-refractivity contribution in [3.05, 3.63) is 30.1 Å². The fourth-order valence-electron chi connectivity index (χ4n) is 2.49. The molecule has 1 fully saturated rings. The number of carbonyl (C=O) groups is 1. The van der Waals surface area contributed by atoms with Crippen molar-refractivity contribution in [3.8, 4) is 0 Å². The molecule has 2 rings (SSSR count). The van der Waals surface area contributed by atoms with Crippen LogP contribution in [0.25, 0.3) is 0 Å². The van der Waals surface area contributed by atoms with Crippen LogP contribution in [-0.4, -0.2) is 18.6 Å². The molecule has 0 spiro atoms. The summed E-state index contributed by atoms with van der Waals surface area (Å²) in [7, 11) is 1.38. The molecule has 1 aromatic carbocycles. The Morgan fingerprint density at radius 2 is 2.24 bits per heavy atom. The number of nitrogens with one attached hydrogen (secondary N) is 1. The standard InChI is InChI=1S/C13H16FNO2/c1-9-7-13(8-9,12(16)17-2)15-11-5-3-4-10(14)6-11/h3-6,9,15H,7-8H2,1-2H3. The van der Waals surface area contributed by atoms with Gasteiger partial charge in [0.15, 0.2) is 0 Å². The highest BCUT2D eigenvalue weighted by Crippen LogP contribution is 2.41. The van der Waals surface area contributed by atoms with Crippen LogP contribution in [0.5, 0.6) is 0 Å². The molecule has 0 heterocycles. The van der Waals surface area contributed by atoms with Crippen LogP contribution in [0.2, 0.25) is 0 Å². The van der Waals surface area contributed by atoms with Crippen LogP contribution in [-0.2, 0) is 9.53 Å². The molecule has 1 aromatic rings. The number of methoxy groups -OCH3 is 1. The van der Waals surface area contributed by atoms with Gasteiger partial charge in [-0.05, 0) is 37.0 Å². The number of ether oxygens (including phenoxy) is 1. The fraction of sp³-hybridized carbons (Fsp3) is 0.462. The van der Waals surface area contributed by atoms with E-state index in [1.807, 2.05) is 0 Å². The number of esters is 1. The van der Waals surface area contributed by atoms with Crippen molar-refractivity contribution >= 4 is 11.7 Å². The van der Waals surface area contributed by atoms with E-state index < -0.39 is 5.54 Å². The van der Waals surface area contributed by atoms with Crippen molar-refractivity contribution in [2.45, 2.75) is 25.3 Å². The molecule has 92 valence electrons. The van der Waals surface area contributed by atoms with Gasteiger partial charge >= 0.3 is 5.97 Å². The zero-order valence-corrected chi connectivity index (χ0v) is 10.00. The Labute approximate surface area is 100.0 Å². The van der Waals surface area contributed by atoms with Crippen LogP contribution in [0.15, 0.2) is 24.3 Å². The molecular weight excluding hydrogens is 221 g/mol. The van der Waals surface area contributed by atoms with E-state index in [9.17, 15) is 9.18 Å². The minimum Gasteiger partial charge on any atom is -0.467 e.